The molecule has 4 N–H and O–H groups in total. The molecule has 0 atom stereocenters. The highest BCUT2D eigenvalue weighted by atomic mass is 19.4. The fraction of sp³-hybridized carbons (Fsp3) is 0.750. The molecular formula is C8H11F3N2O2. The number of rotatable bonds is 4. The summed E-state index contributed by atoms with van der Waals surface area (Å²) in [6.45, 7) is 0. The summed E-state index contributed by atoms with van der Waals surface area (Å²) in [6.07, 6.45) is -5.18. The number of nitrogens with two attached hydrogens (primary N) is 2. The Morgan fingerprint density at radius 1 is 1.20 bits per heavy atom. The average molecular weight is 224 g/mol. The molecule has 1 aliphatic carbocycles. The summed E-state index contributed by atoms with van der Waals surface area (Å²) in [6, 6.07) is 0. The molecule has 15 heavy (non-hydrogen) atoms. The van der Waals surface area contributed by atoms with Gasteiger partial charge in [-0.2, -0.15) is 13.2 Å². The zero-order valence-electron chi connectivity index (χ0n) is 7.80. The van der Waals surface area contributed by atoms with E-state index in [1.54, 1.807) is 0 Å². The molecule has 0 aromatic carbocycles. The van der Waals surface area contributed by atoms with Gasteiger partial charge in [-0.05, 0) is 19.3 Å². The Morgan fingerprint density at radius 2 is 1.60 bits per heavy atom. The normalized spacial score (nSPS) is 18.9. The van der Waals surface area contributed by atoms with Gasteiger partial charge in [0.25, 0.3) is 0 Å². The summed E-state index contributed by atoms with van der Waals surface area (Å²) in [5.41, 5.74) is 7.69. The minimum Gasteiger partial charge on any atom is -0.369 e. The van der Waals surface area contributed by atoms with Crippen LogP contribution in [0.25, 0.3) is 0 Å². The Hall–Kier alpha value is -1.27. The summed E-state index contributed by atoms with van der Waals surface area (Å²) < 4.78 is 37.4. The van der Waals surface area contributed by atoms with Crippen molar-refractivity contribution in [2.75, 3.05) is 0 Å². The van der Waals surface area contributed by atoms with E-state index in [1.165, 1.54) is 0 Å². The molecule has 0 saturated heterocycles. The van der Waals surface area contributed by atoms with E-state index in [-0.39, 0.29) is 12.8 Å². The molecule has 0 unspecified atom stereocenters. The van der Waals surface area contributed by atoms with Gasteiger partial charge < -0.3 is 11.5 Å². The van der Waals surface area contributed by atoms with Gasteiger partial charge in [0.2, 0.25) is 11.8 Å². The summed E-state index contributed by atoms with van der Waals surface area (Å²) in [5.74, 6) is -3.73. The standard InChI is InChI=1S/C8H11F3N2O2/c9-8(10,11)7(1-2-7)3-4(5(12)14)6(13)15/h4H,1-3H2,(H2,12,14)(H2,13,15). The first-order valence-corrected chi connectivity index (χ1v) is 4.35. The van der Waals surface area contributed by atoms with Gasteiger partial charge >= 0.3 is 6.18 Å². The Morgan fingerprint density at radius 3 is 1.80 bits per heavy atom. The van der Waals surface area contributed by atoms with E-state index < -0.39 is 35.7 Å². The second-order valence-corrected chi connectivity index (χ2v) is 3.84. The molecule has 4 nitrogen and oxygen atoms in total. The number of amides is 2. The van der Waals surface area contributed by atoms with Gasteiger partial charge in [0, 0.05) is 0 Å². The van der Waals surface area contributed by atoms with Crippen LogP contribution in [0.4, 0.5) is 13.2 Å². The van der Waals surface area contributed by atoms with E-state index in [2.05, 4.69) is 0 Å². The largest absolute Gasteiger partial charge is 0.394 e. The van der Waals surface area contributed by atoms with Crippen molar-refractivity contribution in [3.8, 4) is 0 Å². The maximum absolute atomic E-state index is 12.5. The van der Waals surface area contributed by atoms with Crippen LogP contribution in [0.15, 0.2) is 0 Å². The Bertz CT molecular complexity index is 283. The van der Waals surface area contributed by atoms with Gasteiger partial charge in [-0.25, -0.2) is 0 Å². The number of carbonyl (C=O) groups is 2. The summed E-state index contributed by atoms with van der Waals surface area (Å²) >= 11 is 0. The van der Waals surface area contributed by atoms with Crippen LogP contribution in [0.1, 0.15) is 19.3 Å². The Kier molecular flexibility index (Phi) is 2.67. The van der Waals surface area contributed by atoms with Crippen molar-refractivity contribution in [1.82, 2.24) is 0 Å². The number of hydrogen-bond donors (Lipinski definition) is 2. The van der Waals surface area contributed by atoms with Crippen molar-refractivity contribution < 1.29 is 22.8 Å². The maximum atomic E-state index is 12.5. The van der Waals surface area contributed by atoms with Crippen molar-refractivity contribution in [2.45, 2.75) is 25.4 Å². The van der Waals surface area contributed by atoms with Crippen LogP contribution < -0.4 is 11.5 Å². The number of hydrogen-bond acceptors (Lipinski definition) is 2. The number of halogens is 3. The van der Waals surface area contributed by atoms with E-state index in [9.17, 15) is 22.8 Å². The lowest BCUT2D eigenvalue weighted by Crippen LogP contribution is -2.39. The molecule has 7 heteroatoms. The molecule has 2 amide bonds. The summed E-state index contributed by atoms with van der Waals surface area (Å²) in [5, 5.41) is 0. The highest BCUT2D eigenvalue weighted by Crippen LogP contribution is 2.61. The predicted octanol–water partition coefficient (Wildman–Crippen LogP) is 0.306. The monoisotopic (exact) mass is 224 g/mol. The topological polar surface area (TPSA) is 86.2 Å². The molecule has 0 aromatic heterocycles. The predicted molar refractivity (Wildman–Crippen MR) is 44.2 cm³/mol. The molecule has 0 bridgehead atoms. The zero-order chi connectivity index (χ0) is 11.9. The quantitative estimate of drug-likeness (QED) is 0.673. The van der Waals surface area contributed by atoms with Crippen LogP contribution in [-0.2, 0) is 9.59 Å². The van der Waals surface area contributed by atoms with Crippen molar-refractivity contribution >= 4 is 11.8 Å². The smallest absolute Gasteiger partial charge is 0.369 e. The molecule has 86 valence electrons. The van der Waals surface area contributed by atoms with Gasteiger partial charge in [-0.15, -0.1) is 0 Å². The van der Waals surface area contributed by atoms with Gasteiger partial charge in [0.15, 0.2) is 0 Å². The minimum atomic E-state index is -4.41. The molecule has 0 aromatic rings. The van der Waals surface area contributed by atoms with Crippen LogP contribution in [0.2, 0.25) is 0 Å². The summed E-state index contributed by atoms with van der Waals surface area (Å²) in [4.78, 5) is 21.5. The van der Waals surface area contributed by atoms with Gasteiger partial charge in [0.05, 0.1) is 5.41 Å². The zero-order valence-corrected chi connectivity index (χ0v) is 7.80. The Balaban J connectivity index is 2.76. The second kappa shape index (κ2) is 3.39. The minimum absolute atomic E-state index is 0.0758. The molecule has 0 heterocycles. The molecule has 0 radical (unpaired) electrons. The van der Waals surface area contributed by atoms with Crippen LogP contribution in [-0.4, -0.2) is 18.0 Å². The molecule has 0 spiro atoms. The first kappa shape index (κ1) is 11.8. The number of primary amides is 2. The van der Waals surface area contributed by atoms with Crippen molar-refractivity contribution in [2.24, 2.45) is 22.8 Å². The SMILES string of the molecule is NC(=O)C(CC1(C(F)(F)F)CC1)C(N)=O. The van der Waals surface area contributed by atoms with E-state index in [0.29, 0.717) is 0 Å². The maximum Gasteiger partial charge on any atom is 0.394 e. The molecule has 1 rings (SSSR count). The average Bonchev–Trinajstić information content (AvgIpc) is 2.77. The first-order chi connectivity index (χ1) is 6.69. The van der Waals surface area contributed by atoms with E-state index in [4.69, 9.17) is 11.5 Å². The third-order valence-electron chi connectivity index (χ3n) is 2.74. The fourth-order valence-corrected chi connectivity index (χ4v) is 1.49. The van der Waals surface area contributed by atoms with Crippen LogP contribution in [0.3, 0.4) is 0 Å². The molecule has 1 fully saturated rings. The fourth-order valence-electron chi connectivity index (χ4n) is 1.49. The third kappa shape index (κ3) is 2.21. The van der Waals surface area contributed by atoms with Gasteiger partial charge in [-0.1, -0.05) is 0 Å². The second-order valence-electron chi connectivity index (χ2n) is 3.84. The highest BCUT2D eigenvalue weighted by molar-refractivity contribution is 5.98. The van der Waals surface area contributed by atoms with Crippen molar-refractivity contribution in [3.05, 3.63) is 0 Å². The van der Waals surface area contributed by atoms with E-state index in [0.717, 1.165) is 0 Å². The first-order valence-electron chi connectivity index (χ1n) is 4.35. The molecule has 1 aliphatic rings. The van der Waals surface area contributed by atoms with Crippen molar-refractivity contribution in [3.63, 3.8) is 0 Å². The summed E-state index contributed by atoms with van der Waals surface area (Å²) in [7, 11) is 0. The molecular weight excluding hydrogens is 213 g/mol. The van der Waals surface area contributed by atoms with Crippen LogP contribution in [0, 0.1) is 11.3 Å². The van der Waals surface area contributed by atoms with Crippen molar-refractivity contribution in [1.29, 1.82) is 0 Å². The molecule has 1 saturated carbocycles. The lowest BCUT2D eigenvalue weighted by Gasteiger charge is -2.21. The molecule has 0 aliphatic heterocycles. The third-order valence-corrected chi connectivity index (χ3v) is 2.74. The lowest BCUT2D eigenvalue weighted by atomic mass is 9.90. The van der Waals surface area contributed by atoms with E-state index in [1.807, 2.05) is 0 Å². The lowest BCUT2D eigenvalue weighted by molar-refractivity contribution is -0.192. The number of carbonyl (C=O) groups excluding carboxylic acids is 2. The van der Waals surface area contributed by atoms with E-state index >= 15 is 0 Å². The van der Waals surface area contributed by atoms with Crippen LogP contribution >= 0.6 is 0 Å². The van der Waals surface area contributed by atoms with Gasteiger partial charge in [-0.3, -0.25) is 9.59 Å². The Labute approximate surface area is 83.8 Å². The van der Waals surface area contributed by atoms with Crippen LogP contribution in [0.5, 0.6) is 0 Å². The van der Waals surface area contributed by atoms with Gasteiger partial charge in [0.1, 0.15) is 5.92 Å². The number of alkyl halides is 3. The highest BCUT2D eigenvalue weighted by Gasteiger charge is 2.64.